The minimum Gasteiger partial charge on any atom is -0.465 e. The van der Waals surface area contributed by atoms with E-state index < -0.39 is 57.1 Å². The van der Waals surface area contributed by atoms with E-state index in [0.717, 1.165) is 7.05 Å². The zero-order valence-corrected chi connectivity index (χ0v) is 15.9. The summed E-state index contributed by atoms with van der Waals surface area (Å²) in [6.07, 6.45) is -1.09. The third kappa shape index (κ3) is 4.91. The van der Waals surface area contributed by atoms with E-state index in [0.29, 0.717) is 11.0 Å². The van der Waals surface area contributed by atoms with Crippen LogP contribution in [0.4, 0.5) is 25.0 Å². The van der Waals surface area contributed by atoms with Crippen molar-refractivity contribution in [3.05, 3.63) is 33.4 Å². The van der Waals surface area contributed by atoms with Gasteiger partial charge in [0.25, 0.3) is 0 Å². The quantitative estimate of drug-likeness (QED) is 0.422. The second-order valence-corrected chi connectivity index (χ2v) is 6.56. The number of benzene rings is 1. The molecule has 152 valence electrons. The number of hydrogen-bond acceptors (Lipinski definition) is 7. The van der Waals surface area contributed by atoms with Gasteiger partial charge in [0.1, 0.15) is 11.3 Å². The Morgan fingerprint density at radius 2 is 1.96 bits per heavy atom. The number of nitro benzene ring substituents is 1. The van der Waals surface area contributed by atoms with Gasteiger partial charge in [-0.3, -0.25) is 19.8 Å². The number of halogens is 2. The SMILES string of the molecule is CCOC(=O)C(C#N)c1c(F)c(F)cc(N(C)C(=O)OC(C)(C)C)c1[N+](=O)[O-]. The summed E-state index contributed by atoms with van der Waals surface area (Å²) < 4.78 is 38.2. The van der Waals surface area contributed by atoms with Gasteiger partial charge in [-0.25, -0.2) is 13.6 Å². The van der Waals surface area contributed by atoms with Crippen molar-refractivity contribution in [3.63, 3.8) is 0 Å². The Balaban J connectivity index is 3.71. The maximum atomic E-state index is 14.4. The summed E-state index contributed by atoms with van der Waals surface area (Å²) >= 11 is 0. The molecule has 1 amide bonds. The van der Waals surface area contributed by atoms with Gasteiger partial charge in [0, 0.05) is 13.1 Å². The average Bonchev–Trinajstić information content (AvgIpc) is 2.56. The fourth-order valence-corrected chi connectivity index (χ4v) is 2.22. The van der Waals surface area contributed by atoms with E-state index >= 15 is 0 Å². The molecule has 0 fully saturated rings. The van der Waals surface area contributed by atoms with E-state index in [1.165, 1.54) is 33.8 Å². The Hall–Kier alpha value is -3.29. The van der Waals surface area contributed by atoms with Gasteiger partial charge in [-0.15, -0.1) is 0 Å². The van der Waals surface area contributed by atoms with Crippen LogP contribution < -0.4 is 4.90 Å². The first-order chi connectivity index (χ1) is 12.9. The fraction of sp³-hybridized carbons (Fsp3) is 0.471. The highest BCUT2D eigenvalue weighted by Crippen LogP contribution is 2.39. The molecule has 0 spiro atoms. The van der Waals surface area contributed by atoms with Crippen molar-refractivity contribution in [2.45, 2.75) is 39.2 Å². The molecule has 0 bridgehead atoms. The lowest BCUT2D eigenvalue weighted by atomic mass is 9.96. The molecule has 0 saturated carbocycles. The molecule has 0 aliphatic carbocycles. The Bertz CT molecular complexity index is 845. The monoisotopic (exact) mass is 399 g/mol. The number of hydrogen-bond donors (Lipinski definition) is 0. The lowest BCUT2D eigenvalue weighted by Gasteiger charge is -2.25. The molecule has 1 unspecified atom stereocenters. The standard InChI is InChI=1S/C17H19F2N3O6/c1-6-27-15(23)9(8-20)12-13(19)10(18)7-11(14(12)22(25)26)21(5)16(24)28-17(2,3)4/h7,9H,6H2,1-5H3. The maximum Gasteiger partial charge on any atom is 0.414 e. The summed E-state index contributed by atoms with van der Waals surface area (Å²) in [6.45, 7) is 5.83. The molecule has 0 heterocycles. The highest BCUT2D eigenvalue weighted by Gasteiger charge is 2.39. The normalized spacial score (nSPS) is 11.9. The van der Waals surface area contributed by atoms with Crippen LogP contribution in [0.15, 0.2) is 6.07 Å². The van der Waals surface area contributed by atoms with Crippen molar-refractivity contribution in [1.82, 2.24) is 0 Å². The minimum atomic E-state index is -2.11. The van der Waals surface area contributed by atoms with Crippen LogP contribution in [0.2, 0.25) is 0 Å². The number of ether oxygens (including phenoxy) is 2. The van der Waals surface area contributed by atoms with Crippen LogP contribution in [0.5, 0.6) is 0 Å². The molecule has 9 nitrogen and oxygen atoms in total. The first-order valence-corrected chi connectivity index (χ1v) is 8.04. The van der Waals surface area contributed by atoms with Crippen LogP contribution in [-0.4, -0.2) is 36.2 Å². The lowest BCUT2D eigenvalue weighted by Crippen LogP contribution is -2.35. The number of nitrogens with zero attached hydrogens (tertiary/aromatic N) is 3. The summed E-state index contributed by atoms with van der Waals surface area (Å²) in [5.41, 5.74) is -3.90. The summed E-state index contributed by atoms with van der Waals surface area (Å²) in [4.78, 5) is 35.3. The van der Waals surface area contributed by atoms with E-state index in [4.69, 9.17) is 4.74 Å². The lowest BCUT2D eigenvalue weighted by molar-refractivity contribution is -0.385. The fourth-order valence-electron chi connectivity index (χ4n) is 2.22. The third-order valence-corrected chi connectivity index (χ3v) is 3.36. The topological polar surface area (TPSA) is 123 Å². The van der Waals surface area contributed by atoms with Gasteiger partial charge in [-0.2, -0.15) is 5.26 Å². The Labute approximate surface area is 159 Å². The van der Waals surface area contributed by atoms with Gasteiger partial charge in [-0.05, 0) is 27.7 Å². The van der Waals surface area contributed by atoms with Gasteiger partial charge in [-0.1, -0.05) is 0 Å². The zero-order valence-electron chi connectivity index (χ0n) is 15.9. The van der Waals surface area contributed by atoms with Crippen molar-refractivity contribution in [1.29, 1.82) is 5.26 Å². The number of esters is 1. The number of anilines is 1. The van der Waals surface area contributed by atoms with Gasteiger partial charge >= 0.3 is 17.7 Å². The van der Waals surface area contributed by atoms with Crippen LogP contribution in [-0.2, 0) is 14.3 Å². The number of carbonyl (C=O) groups is 2. The van der Waals surface area contributed by atoms with E-state index in [9.17, 15) is 33.7 Å². The van der Waals surface area contributed by atoms with E-state index in [1.807, 2.05) is 0 Å². The van der Waals surface area contributed by atoms with Crippen LogP contribution in [0.1, 0.15) is 39.2 Å². The van der Waals surface area contributed by atoms with Crippen molar-refractivity contribution in [3.8, 4) is 6.07 Å². The molecule has 1 aromatic carbocycles. The smallest absolute Gasteiger partial charge is 0.414 e. The maximum absolute atomic E-state index is 14.4. The average molecular weight is 399 g/mol. The summed E-state index contributed by atoms with van der Waals surface area (Å²) in [6, 6.07) is 1.80. The first-order valence-electron chi connectivity index (χ1n) is 8.04. The Kier molecular flexibility index (Phi) is 6.99. The van der Waals surface area contributed by atoms with Crippen LogP contribution >= 0.6 is 0 Å². The van der Waals surface area contributed by atoms with Crippen LogP contribution in [0.3, 0.4) is 0 Å². The number of nitriles is 1. The highest BCUT2D eigenvalue weighted by molar-refractivity contribution is 5.93. The zero-order chi connectivity index (χ0) is 21.8. The molecule has 0 radical (unpaired) electrons. The summed E-state index contributed by atoms with van der Waals surface area (Å²) in [5, 5.41) is 20.8. The summed E-state index contributed by atoms with van der Waals surface area (Å²) in [5.74, 6) is -6.74. The molecule has 0 aliphatic rings. The Morgan fingerprint density at radius 1 is 1.39 bits per heavy atom. The van der Waals surface area contributed by atoms with Gasteiger partial charge in [0.15, 0.2) is 17.6 Å². The van der Waals surface area contributed by atoms with Crippen molar-refractivity contribution in [2.75, 3.05) is 18.6 Å². The molecule has 1 atom stereocenters. The first kappa shape index (κ1) is 22.8. The molecule has 0 N–H and O–H groups in total. The largest absolute Gasteiger partial charge is 0.465 e. The van der Waals surface area contributed by atoms with Crippen molar-refractivity contribution >= 4 is 23.4 Å². The Morgan fingerprint density at radius 3 is 2.39 bits per heavy atom. The number of carbonyl (C=O) groups excluding carboxylic acids is 2. The molecular formula is C17H19F2N3O6. The number of nitro groups is 1. The molecule has 0 aliphatic heterocycles. The molecule has 1 aromatic rings. The number of amides is 1. The van der Waals surface area contributed by atoms with E-state index in [1.54, 1.807) is 0 Å². The predicted molar refractivity (Wildman–Crippen MR) is 92.6 cm³/mol. The predicted octanol–water partition coefficient (Wildman–Crippen LogP) is 3.41. The third-order valence-electron chi connectivity index (χ3n) is 3.36. The van der Waals surface area contributed by atoms with Gasteiger partial charge in [0.05, 0.1) is 23.2 Å². The summed E-state index contributed by atoms with van der Waals surface area (Å²) in [7, 11) is 1.04. The van der Waals surface area contributed by atoms with Gasteiger partial charge < -0.3 is 9.47 Å². The second kappa shape index (κ2) is 8.60. The van der Waals surface area contributed by atoms with Crippen molar-refractivity contribution in [2.24, 2.45) is 0 Å². The van der Waals surface area contributed by atoms with Crippen LogP contribution in [0, 0.1) is 33.1 Å². The molecule has 11 heteroatoms. The number of rotatable bonds is 5. The molecule has 28 heavy (non-hydrogen) atoms. The second-order valence-electron chi connectivity index (χ2n) is 6.56. The van der Waals surface area contributed by atoms with E-state index in [-0.39, 0.29) is 6.61 Å². The molecule has 0 saturated heterocycles. The molecular weight excluding hydrogens is 380 g/mol. The van der Waals surface area contributed by atoms with Crippen LogP contribution in [0.25, 0.3) is 0 Å². The van der Waals surface area contributed by atoms with E-state index in [2.05, 4.69) is 4.74 Å². The molecule has 1 rings (SSSR count). The highest BCUT2D eigenvalue weighted by atomic mass is 19.2. The van der Waals surface area contributed by atoms with Gasteiger partial charge in [0.2, 0.25) is 0 Å². The minimum absolute atomic E-state index is 0.188. The molecule has 0 aromatic heterocycles. The van der Waals surface area contributed by atoms with Crippen molar-refractivity contribution < 1.29 is 32.8 Å².